The number of hydrogen-bond donors (Lipinski definition) is 0. The summed E-state index contributed by atoms with van der Waals surface area (Å²) in [5.41, 5.74) is 0.980. The van der Waals surface area contributed by atoms with Crippen molar-refractivity contribution in [3.8, 4) is 17.2 Å². The average molecular weight is 583 g/mol. The first kappa shape index (κ1) is 22.9. The maximum atomic E-state index is 14.8. The summed E-state index contributed by atoms with van der Waals surface area (Å²) in [6.45, 7) is 0. The van der Waals surface area contributed by atoms with Crippen LogP contribution in [0.5, 0.6) is 11.5 Å². The highest BCUT2D eigenvalue weighted by Gasteiger charge is 2.19. The Hall–Kier alpha value is -3.86. The molecule has 35 heavy (non-hydrogen) atoms. The van der Waals surface area contributed by atoms with Crippen molar-refractivity contribution < 1.29 is 18.3 Å². The zero-order chi connectivity index (χ0) is 24.5. The zero-order valence-corrected chi connectivity index (χ0v) is 20.1. The Morgan fingerprint density at radius 1 is 0.971 bits per heavy atom. The number of carbonyl (C=O) groups excluding carboxylic acids is 1. The molecule has 0 aliphatic rings. The SMILES string of the molecule is O=C(Cc1ccc(Oc2cccn3nccc23)c(F)c1)c1c(I)ccn(-c2ccc(F)cc2)c1=O. The topological polar surface area (TPSA) is 65.6 Å². The summed E-state index contributed by atoms with van der Waals surface area (Å²) in [6.07, 6.45) is 4.72. The fraction of sp³-hybridized carbons (Fsp3) is 0.0385. The minimum Gasteiger partial charge on any atom is -0.452 e. The molecule has 174 valence electrons. The van der Waals surface area contributed by atoms with E-state index in [9.17, 15) is 18.4 Å². The maximum absolute atomic E-state index is 14.8. The molecule has 0 N–H and O–H groups in total. The van der Waals surface area contributed by atoms with Gasteiger partial charge in [-0.05, 0) is 88.8 Å². The fourth-order valence-corrected chi connectivity index (χ4v) is 4.40. The molecule has 9 heteroatoms. The lowest BCUT2D eigenvalue weighted by Gasteiger charge is -2.11. The Balaban J connectivity index is 1.40. The molecule has 0 bridgehead atoms. The van der Waals surface area contributed by atoms with E-state index >= 15 is 0 Å². The number of carbonyl (C=O) groups is 1. The van der Waals surface area contributed by atoms with Crippen molar-refractivity contribution in [2.24, 2.45) is 0 Å². The van der Waals surface area contributed by atoms with E-state index in [2.05, 4.69) is 5.10 Å². The molecule has 0 saturated heterocycles. The summed E-state index contributed by atoms with van der Waals surface area (Å²) >= 11 is 1.92. The quantitative estimate of drug-likeness (QED) is 0.193. The molecular weight excluding hydrogens is 567 g/mol. The van der Waals surface area contributed by atoms with Gasteiger partial charge < -0.3 is 4.74 Å². The number of ether oxygens (including phenoxy) is 1. The molecule has 0 radical (unpaired) electrons. The molecule has 6 nitrogen and oxygen atoms in total. The normalized spacial score (nSPS) is 11.1. The number of nitrogens with zero attached hydrogens (tertiary/aromatic N) is 3. The molecule has 0 aliphatic heterocycles. The van der Waals surface area contributed by atoms with Gasteiger partial charge in [0.05, 0.1) is 11.8 Å². The van der Waals surface area contributed by atoms with E-state index in [4.69, 9.17) is 4.74 Å². The number of ketones is 1. The molecule has 5 rings (SSSR count). The van der Waals surface area contributed by atoms with Gasteiger partial charge in [0.15, 0.2) is 23.1 Å². The van der Waals surface area contributed by atoms with Crippen LogP contribution >= 0.6 is 22.6 Å². The van der Waals surface area contributed by atoms with E-state index in [1.807, 2.05) is 22.6 Å². The largest absolute Gasteiger partial charge is 0.452 e. The first-order valence-electron chi connectivity index (χ1n) is 10.5. The van der Waals surface area contributed by atoms with Crippen LogP contribution < -0.4 is 10.3 Å². The van der Waals surface area contributed by atoms with Crippen LogP contribution in [0.25, 0.3) is 11.2 Å². The molecule has 0 atom stereocenters. The van der Waals surface area contributed by atoms with Crippen LogP contribution in [0.2, 0.25) is 0 Å². The van der Waals surface area contributed by atoms with Crippen LogP contribution in [0.4, 0.5) is 8.78 Å². The van der Waals surface area contributed by atoms with Crippen LogP contribution in [0.1, 0.15) is 15.9 Å². The lowest BCUT2D eigenvalue weighted by molar-refractivity contribution is 0.0990. The van der Waals surface area contributed by atoms with Gasteiger partial charge in [-0.3, -0.25) is 14.2 Å². The summed E-state index contributed by atoms with van der Waals surface area (Å²) in [7, 11) is 0. The zero-order valence-electron chi connectivity index (χ0n) is 18.0. The van der Waals surface area contributed by atoms with Crippen molar-refractivity contribution in [3.63, 3.8) is 0 Å². The van der Waals surface area contributed by atoms with Gasteiger partial charge in [0.1, 0.15) is 11.3 Å². The molecule has 0 spiro atoms. The number of rotatable bonds is 6. The number of hydrogen-bond acceptors (Lipinski definition) is 4. The van der Waals surface area contributed by atoms with Crippen molar-refractivity contribution in [3.05, 3.63) is 122 Å². The van der Waals surface area contributed by atoms with Crippen molar-refractivity contribution in [2.45, 2.75) is 6.42 Å². The Labute approximate surface area is 211 Å². The first-order valence-corrected chi connectivity index (χ1v) is 11.6. The van der Waals surface area contributed by atoms with E-state index < -0.39 is 23.0 Å². The first-order chi connectivity index (χ1) is 16.9. The van der Waals surface area contributed by atoms with Crippen molar-refractivity contribution >= 4 is 33.9 Å². The Kier molecular flexibility index (Phi) is 6.16. The third-order valence-corrected chi connectivity index (χ3v) is 6.30. The maximum Gasteiger partial charge on any atom is 0.267 e. The number of aromatic nitrogens is 3. The lowest BCUT2D eigenvalue weighted by Crippen LogP contribution is -2.27. The van der Waals surface area contributed by atoms with Crippen molar-refractivity contribution in [2.75, 3.05) is 0 Å². The summed E-state index contributed by atoms with van der Waals surface area (Å²) < 4.78 is 37.2. The highest BCUT2D eigenvalue weighted by molar-refractivity contribution is 14.1. The molecule has 0 aliphatic carbocycles. The van der Waals surface area contributed by atoms with Gasteiger partial charge in [-0.25, -0.2) is 13.3 Å². The van der Waals surface area contributed by atoms with Gasteiger partial charge in [-0.15, -0.1) is 0 Å². The lowest BCUT2D eigenvalue weighted by atomic mass is 10.0. The number of benzene rings is 2. The third kappa shape index (κ3) is 4.59. The van der Waals surface area contributed by atoms with Gasteiger partial charge >= 0.3 is 0 Å². The number of Topliss-reactive ketones (excluding diaryl/α,β-unsaturated/α-hetero) is 1. The monoisotopic (exact) mass is 583 g/mol. The second-order valence-corrected chi connectivity index (χ2v) is 8.85. The molecule has 2 aromatic carbocycles. The number of halogens is 3. The fourth-order valence-electron chi connectivity index (χ4n) is 3.71. The Morgan fingerprint density at radius 2 is 1.77 bits per heavy atom. The number of fused-ring (bicyclic) bond motifs is 1. The van der Waals surface area contributed by atoms with Crippen LogP contribution in [0, 0.1) is 15.2 Å². The summed E-state index contributed by atoms with van der Waals surface area (Å²) in [6, 6.07) is 16.5. The highest BCUT2D eigenvalue weighted by Crippen LogP contribution is 2.28. The molecule has 3 aromatic heterocycles. The molecular formula is C26H16F2IN3O3. The van der Waals surface area contributed by atoms with Gasteiger partial charge in [0.25, 0.3) is 5.56 Å². The van der Waals surface area contributed by atoms with Crippen LogP contribution in [0.3, 0.4) is 0 Å². The summed E-state index contributed by atoms with van der Waals surface area (Å²) in [5.74, 6) is -1.08. The second-order valence-electron chi connectivity index (χ2n) is 7.69. The van der Waals surface area contributed by atoms with E-state index in [1.54, 1.807) is 47.2 Å². The van der Waals surface area contributed by atoms with Crippen LogP contribution in [-0.2, 0) is 6.42 Å². The second kappa shape index (κ2) is 9.41. The minimum absolute atomic E-state index is 0.00320. The standard InChI is InChI=1S/C26H16F2IN3O3/c27-17-4-6-18(7-5-17)31-13-10-20(29)25(26(31)34)22(33)15-16-3-8-23(19(28)14-16)35-24-2-1-12-32-21(24)9-11-30-32/h1-14H,15H2. The van der Waals surface area contributed by atoms with Crippen LogP contribution in [-0.4, -0.2) is 20.0 Å². The molecule has 0 saturated carbocycles. The van der Waals surface area contributed by atoms with E-state index in [0.29, 0.717) is 26.1 Å². The molecule has 5 aromatic rings. The molecule has 0 unspecified atom stereocenters. The molecule has 3 heterocycles. The van der Waals surface area contributed by atoms with Crippen molar-refractivity contribution in [1.82, 2.24) is 14.2 Å². The average Bonchev–Trinajstić information content (AvgIpc) is 3.32. The Morgan fingerprint density at radius 3 is 2.54 bits per heavy atom. The molecule has 0 amide bonds. The van der Waals surface area contributed by atoms with E-state index in [1.165, 1.54) is 47.2 Å². The minimum atomic E-state index is -0.636. The van der Waals surface area contributed by atoms with E-state index in [-0.39, 0.29) is 17.7 Å². The third-order valence-electron chi connectivity index (χ3n) is 5.40. The van der Waals surface area contributed by atoms with Crippen molar-refractivity contribution in [1.29, 1.82) is 0 Å². The predicted molar refractivity (Wildman–Crippen MR) is 134 cm³/mol. The summed E-state index contributed by atoms with van der Waals surface area (Å²) in [4.78, 5) is 26.1. The van der Waals surface area contributed by atoms with Crippen LogP contribution in [0.15, 0.2) is 90.1 Å². The van der Waals surface area contributed by atoms with Gasteiger partial charge in [0.2, 0.25) is 0 Å². The Bertz CT molecular complexity index is 1630. The predicted octanol–water partition coefficient (Wildman–Crippen LogP) is 5.59. The molecule has 0 fully saturated rings. The van der Waals surface area contributed by atoms with Gasteiger partial charge in [-0.1, -0.05) is 6.07 Å². The van der Waals surface area contributed by atoms with Gasteiger partial charge in [0, 0.05) is 28.1 Å². The number of pyridine rings is 2. The highest BCUT2D eigenvalue weighted by atomic mass is 127. The van der Waals surface area contributed by atoms with Gasteiger partial charge in [-0.2, -0.15) is 5.10 Å². The van der Waals surface area contributed by atoms with E-state index in [0.717, 1.165) is 0 Å². The smallest absolute Gasteiger partial charge is 0.267 e. The summed E-state index contributed by atoms with van der Waals surface area (Å²) in [5, 5.41) is 4.12.